The minimum atomic E-state index is -2.75. The second kappa shape index (κ2) is 5.90. The Morgan fingerprint density at radius 2 is 2.29 bits per heavy atom. The van der Waals surface area contributed by atoms with Crippen molar-refractivity contribution in [3.05, 3.63) is 21.9 Å². The summed E-state index contributed by atoms with van der Waals surface area (Å²) in [5, 5.41) is 9.59. The summed E-state index contributed by atoms with van der Waals surface area (Å²) in [5.41, 5.74) is -0.421. The molecule has 0 saturated carbocycles. The van der Waals surface area contributed by atoms with Crippen LogP contribution >= 0.6 is 15.9 Å². The fourth-order valence-electron chi connectivity index (χ4n) is 1.16. The van der Waals surface area contributed by atoms with Crippen molar-refractivity contribution in [3.8, 4) is 5.75 Å². The zero-order valence-corrected chi connectivity index (χ0v) is 10.5. The van der Waals surface area contributed by atoms with E-state index in [0.29, 0.717) is 0 Å². The molecule has 0 aliphatic heterocycles. The van der Waals surface area contributed by atoms with Crippen molar-refractivity contribution >= 4 is 21.9 Å². The lowest BCUT2D eigenvalue weighted by molar-refractivity contribution is -0.142. The van der Waals surface area contributed by atoms with Gasteiger partial charge in [0, 0.05) is 6.20 Å². The van der Waals surface area contributed by atoms with Crippen LogP contribution in [0, 0.1) is 0 Å². The lowest BCUT2D eigenvalue weighted by atomic mass is 10.2. The molecule has 0 fully saturated rings. The van der Waals surface area contributed by atoms with Gasteiger partial charge in [-0.2, -0.15) is 0 Å². The number of esters is 1. The molecule has 0 saturated heterocycles. The Morgan fingerprint density at radius 3 is 2.82 bits per heavy atom. The molecule has 0 aromatic carbocycles. The molecule has 0 amide bonds. The minimum Gasteiger partial charge on any atom is -0.505 e. The van der Waals surface area contributed by atoms with Gasteiger partial charge in [0.05, 0.1) is 28.8 Å². The Morgan fingerprint density at radius 1 is 1.65 bits per heavy atom. The predicted molar refractivity (Wildman–Crippen MR) is 58.9 cm³/mol. The lowest BCUT2D eigenvalue weighted by Gasteiger charge is -2.09. The number of nitrogens with zero attached hydrogens (tertiary/aromatic N) is 1. The van der Waals surface area contributed by atoms with Crippen molar-refractivity contribution in [2.75, 3.05) is 6.61 Å². The molecule has 0 aliphatic carbocycles. The third-order valence-electron chi connectivity index (χ3n) is 1.95. The molecule has 1 heterocycles. The molecular formula is C10H10BrF2NO3. The molecule has 94 valence electrons. The van der Waals surface area contributed by atoms with E-state index in [-0.39, 0.29) is 23.2 Å². The third kappa shape index (κ3) is 3.36. The largest absolute Gasteiger partial charge is 0.505 e. The number of rotatable bonds is 4. The number of halogens is 3. The van der Waals surface area contributed by atoms with Crippen LogP contribution in [-0.4, -0.2) is 22.7 Å². The highest BCUT2D eigenvalue weighted by Gasteiger charge is 2.19. The molecule has 4 nitrogen and oxygen atoms in total. The molecule has 0 atom stereocenters. The van der Waals surface area contributed by atoms with Crippen LogP contribution in [0.1, 0.15) is 24.6 Å². The van der Waals surface area contributed by atoms with Crippen molar-refractivity contribution in [1.82, 2.24) is 4.98 Å². The Labute approximate surface area is 105 Å². The van der Waals surface area contributed by atoms with E-state index < -0.39 is 23.7 Å². The Kier molecular flexibility index (Phi) is 4.80. The molecule has 1 rings (SSSR count). The molecule has 17 heavy (non-hydrogen) atoms. The van der Waals surface area contributed by atoms with Gasteiger partial charge >= 0.3 is 5.97 Å². The first-order valence-electron chi connectivity index (χ1n) is 4.77. The van der Waals surface area contributed by atoms with Crippen molar-refractivity contribution in [1.29, 1.82) is 0 Å². The highest BCUT2D eigenvalue weighted by atomic mass is 79.9. The van der Waals surface area contributed by atoms with Crippen molar-refractivity contribution in [2.24, 2.45) is 0 Å². The van der Waals surface area contributed by atoms with Gasteiger partial charge in [0.1, 0.15) is 0 Å². The second-order valence-corrected chi connectivity index (χ2v) is 3.90. The summed E-state index contributed by atoms with van der Waals surface area (Å²) >= 11 is 2.84. The van der Waals surface area contributed by atoms with Gasteiger partial charge in [-0.05, 0) is 22.9 Å². The average molecular weight is 310 g/mol. The molecular weight excluding hydrogens is 300 g/mol. The monoisotopic (exact) mass is 309 g/mol. The Bertz CT molecular complexity index is 426. The van der Waals surface area contributed by atoms with Crippen LogP contribution in [-0.2, 0) is 16.0 Å². The summed E-state index contributed by atoms with van der Waals surface area (Å²) in [6.07, 6.45) is -2.09. The number of hydrogen-bond acceptors (Lipinski definition) is 4. The van der Waals surface area contributed by atoms with Crippen molar-refractivity contribution < 1.29 is 23.4 Å². The number of carbonyl (C=O) groups is 1. The maximum absolute atomic E-state index is 12.5. The van der Waals surface area contributed by atoms with Gasteiger partial charge in [0.2, 0.25) is 0 Å². The number of carbonyl (C=O) groups excluding carboxylic acids is 1. The first kappa shape index (κ1) is 13.8. The molecule has 0 aliphatic rings. The van der Waals surface area contributed by atoms with Crippen molar-refractivity contribution in [3.63, 3.8) is 0 Å². The fourth-order valence-corrected chi connectivity index (χ4v) is 1.66. The van der Waals surface area contributed by atoms with Crippen LogP contribution in [0.3, 0.4) is 0 Å². The average Bonchev–Trinajstić information content (AvgIpc) is 2.25. The minimum absolute atomic E-state index is 0.000255. The van der Waals surface area contributed by atoms with E-state index in [1.165, 1.54) is 0 Å². The number of ether oxygens (including phenoxy) is 1. The Hall–Kier alpha value is -1.24. The zero-order chi connectivity index (χ0) is 13.0. The van der Waals surface area contributed by atoms with Crippen molar-refractivity contribution in [2.45, 2.75) is 19.8 Å². The summed E-state index contributed by atoms with van der Waals surface area (Å²) in [7, 11) is 0. The molecule has 0 radical (unpaired) electrons. The number of hydrogen-bond donors (Lipinski definition) is 1. The van der Waals surface area contributed by atoms with E-state index in [2.05, 4.69) is 25.7 Å². The molecule has 0 bridgehead atoms. The van der Waals surface area contributed by atoms with Crippen LogP contribution in [0.15, 0.2) is 10.7 Å². The van der Waals surface area contributed by atoms with E-state index in [1.807, 2.05) is 0 Å². The smallest absolute Gasteiger partial charge is 0.312 e. The predicted octanol–water partition coefficient (Wildman–Crippen LogP) is 2.59. The maximum atomic E-state index is 12.5. The van der Waals surface area contributed by atoms with E-state index in [9.17, 15) is 18.7 Å². The summed E-state index contributed by atoms with van der Waals surface area (Å²) in [5.74, 6) is -1.04. The van der Waals surface area contributed by atoms with Gasteiger partial charge in [0.25, 0.3) is 6.43 Å². The zero-order valence-electron chi connectivity index (χ0n) is 8.91. The van der Waals surface area contributed by atoms with E-state index in [1.54, 1.807) is 6.92 Å². The summed E-state index contributed by atoms with van der Waals surface area (Å²) in [6, 6.07) is 0. The van der Waals surface area contributed by atoms with E-state index >= 15 is 0 Å². The van der Waals surface area contributed by atoms with E-state index in [0.717, 1.165) is 6.20 Å². The SMILES string of the molecule is CCOC(=O)Cc1ncc(C(F)F)c(Br)c1O. The molecule has 0 spiro atoms. The van der Waals surface area contributed by atoms with Crippen LogP contribution in [0.2, 0.25) is 0 Å². The summed E-state index contributed by atoms with van der Waals surface area (Å²) < 4.78 is 29.4. The van der Waals surface area contributed by atoms with Crippen LogP contribution in [0.5, 0.6) is 5.75 Å². The Balaban J connectivity index is 2.96. The summed E-state index contributed by atoms with van der Waals surface area (Å²) in [4.78, 5) is 14.8. The molecule has 1 aromatic rings. The molecule has 0 unspecified atom stereocenters. The van der Waals surface area contributed by atoms with Gasteiger partial charge < -0.3 is 9.84 Å². The van der Waals surface area contributed by atoms with Crippen LogP contribution < -0.4 is 0 Å². The van der Waals surface area contributed by atoms with Crippen LogP contribution in [0.25, 0.3) is 0 Å². The second-order valence-electron chi connectivity index (χ2n) is 3.11. The maximum Gasteiger partial charge on any atom is 0.312 e. The quantitative estimate of drug-likeness (QED) is 0.869. The highest BCUT2D eigenvalue weighted by molar-refractivity contribution is 9.10. The molecule has 1 N–H and O–H groups in total. The lowest BCUT2D eigenvalue weighted by Crippen LogP contribution is -2.09. The van der Waals surface area contributed by atoms with Gasteiger partial charge in [-0.15, -0.1) is 0 Å². The standard InChI is InChI=1S/C10H10BrF2NO3/c1-2-17-7(15)3-6-9(16)8(11)5(4-14-6)10(12)13/h4,10,16H,2-3H2,1H3. The number of alkyl halides is 2. The van der Waals surface area contributed by atoms with Gasteiger partial charge in [-0.1, -0.05) is 0 Å². The van der Waals surface area contributed by atoms with Gasteiger partial charge in [-0.25, -0.2) is 8.78 Å². The van der Waals surface area contributed by atoms with Gasteiger partial charge in [0.15, 0.2) is 5.75 Å². The fraction of sp³-hybridized carbons (Fsp3) is 0.400. The first-order chi connectivity index (χ1) is 7.97. The topological polar surface area (TPSA) is 59.4 Å². The number of aromatic hydroxyl groups is 1. The summed E-state index contributed by atoms with van der Waals surface area (Å²) in [6.45, 7) is 1.84. The van der Waals surface area contributed by atoms with Gasteiger partial charge in [-0.3, -0.25) is 9.78 Å². The normalized spacial score (nSPS) is 10.6. The number of aromatic nitrogens is 1. The first-order valence-corrected chi connectivity index (χ1v) is 5.56. The number of pyridine rings is 1. The molecule has 7 heteroatoms. The third-order valence-corrected chi connectivity index (χ3v) is 2.78. The van der Waals surface area contributed by atoms with Crippen LogP contribution in [0.4, 0.5) is 8.78 Å². The highest BCUT2D eigenvalue weighted by Crippen LogP contribution is 2.35. The van der Waals surface area contributed by atoms with E-state index in [4.69, 9.17) is 0 Å². The molecule has 1 aromatic heterocycles.